The standard InChI is InChI=1S/C17H18N4O4S/c1-22-13-7-12(8-14(23-2)15(13)24-3)16-20-21-17(25-16)26-10-11(9-19)5-4-6-18/h7-8,11H,4-5,10H2,1-3H3/t11-/m0/s1. The monoisotopic (exact) mass is 374 g/mol. The van der Waals surface area contributed by atoms with Gasteiger partial charge in [-0.15, -0.1) is 10.2 Å². The van der Waals surface area contributed by atoms with Crippen molar-refractivity contribution < 1.29 is 18.6 Å². The third kappa shape index (κ3) is 4.58. The molecule has 0 fully saturated rings. The summed E-state index contributed by atoms with van der Waals surface area (Å²) < 4.78 is 21.6. The molecule has 0 saturated heterocycles. The summed E-state index contributed by atoms with van der Waals surface area (Å²) in [5, 5.41) is 26.1. The first-order valence-electron chi connectivity index (χ1n) is 7.70. The zero-order chi connectivity index (χ0) is 18.9. The van der Waals surface area contributed by atoms with Gasteiger partial charge < -0.3 is 18.6 Å². The second kappa shape index (κ2) is 9.54. The van der Waals surface area contributed by atoms with Crippen molar-refractivity contribution in [2.75, 3.05) is 27.1 Å². The van der Waals surface area contributed by atoms with Gasteiger partial charge in [0.15, 0.2) is 11.5 Å². The van der Waals surface area contributed by atoms with Crippen molar-refractivity contribution in [1.82, 2.24) is 10.2 Å². The Morgan fingerprint density at radius 1 is 1.12 bits per heavy atom. The van der Waals surface area contributed by atoms with E-state index in [1.54, 1.807) is 12.1 Å². The number of ether oxygens (including phenoxy) is 3. The third-order valence-corrected chi connectivity index (χ3v) is 4.49. The zero-order valence-electron chi connectivity index (χ0n) is 14.7. The van der Waals surface area contributed by atoms with Crippen LogP contribution in [0.4, 0.5) is 0 Å². The molecule has 0 N–H and O–H groups in total. The lowest BCUT2D eigenvalue weighted by Crippen LogP contribution is -2.00. The molecule has 0 unspecified atom stereocenters. The summed E-state index contributed by atoms with van der Waals surface area (Å²) in [5.74, 6) is 1.98. The number of nitrogens with zero attached hydrogens (tertiary/aromatic N) is 4. The van der Waals surface area contributed by atoms with Gasteiger partial charge in [-0.2, -0.15) is 10.5 Å². The predicted molar refractivity (Wildman–Crippen MR) is 94.1 cm³/mol. The van der Waals surface area contributed by atoms with E-state index in [0.717, 1.165) is 0 Å². The summed E-state index contributed by atoms with van der Waals surface area (Å²) in [7, 11) is 4.58. The molecule has 0 bridgehead atoms. The molecule has 2 aromatic rings. The fourth-order valence-corrected chi connectivity index (χ4v) is 3.01. The fraction of sp³-hybridized carbons (Fsp3) is 0.412. The molecular formula is C17H18N4O4S. The molecule has 1 aromatic carbocycles. The summed E-state index contributed by atoms with van der Waals surface area (Å²) >= 11 is 1.29. The van der Waals surface area contributed by atoms with Gasteiger partial charge in [-0.3, -0.25) is 0 Å². The van der Waals surface area contributed by atoms with E-state index in [1.807, 2.05) is 6.07 Å². The van der Waals surface area contributed by atoms with E-state index in [0.29, 0.717) is 52.5 Å². The number of hydrogen-bond donors (Lipinski definition) is 0. The molecule has 2 rings (SSSR count). The molecular weight excluding hydrogens is 356 g/mol. The number of methoxy groups -OCH3 is 3. The maximum atomic E-state index is 9.10. The van der Waals surface area contributed by atoms with E-state index in [1.165, 1.54) is 33.1 Å². The maximum Gasteiger partial charge on any atom is 0.276 e. The van der Waals surface area contributed by atoms with Crippen molar-refractivity contribution in [1.29, 1.82) is 10.5 Å². The molecule has 0 radical (unpaired) electrons. The van der Waals surface area contributed by atoms with Gasteiger partial charge in [-0.1, -0.05) is 11.8 Å². The zero-order valence-corrected chi connectivity index (χ0v) is 15.5. The van der Waals surface area contributed by atoms with Crippen LogP contribution in [0.15, 0.2) is 21.8 Å². The highest BCUT2D eigenvalue weighted by atomic mass is 32.2. The average molecular weight is 374 g/mol. The Hall–Kier alpha value is -2.91. The van der Waals surface area contributed by atoms with Gasteiger partial charge in [0.1, 0.15) is 0 Å². The number of nitriles is 2. The molecule has 1 heterocycles. The Balaban J connectivity index is 2.17. The van der Waals surface area contributed by atoms with Crippen molar-refractivity contribution in [2.24, 2.45) is 5.92 Å². The lowest BCUT2D eigenvalue weighted by molar-refractivity contribution is 0.324. The van der Waals surface area contributed by atoms with Crippen LogP contribution in [0.5, 0.6) is 17.2 Å². The largest absolute Gasteiger partial charge is 0.493 e. The number of rotatable bonds is 9. The topological polar surface area (TPSA) is 114 Å². The lowest BCUT2D eigenvalue weighted by Gasteiger charge is -2.12. The van der Waals surface area contributed by atoms with Gasteiger partial charge in [-0.05, 0) is 18.6 Å². The molecule has 0 spiro atoms. The second-order valence-electron chi connectivity index (χ2n) is 5.12. The summed E-state index contributed by atoms with van der Waals surface area (Å²) in [6.45, 7) is 0. The van der Waals surface area contributed by atoms with Gasteiger partial charge in [0, 0.05) is 17.7 Å². The van der Waals surface area contributed by atoms with Crippen LogP contribution in [0.25, 0.3) is 11.5 Å². The highest BCUT2D eigenvalue weighted by Crippen LogP contribution is 2.41. The van der Waals surface area contributed by atoms with Gasteiger partial charge in [0.25, 0.3) is 5.22 Å². The summed E-state index contributed by atoms with van der Waals surface area (Å²) in [4.78, 5) is 0. The number of benzene rings is 1. The smallest absolute Gasteiger partial charge is 0.276 e. The Morgan fingerprint density at radius 3 is 2.35 bits per heavy atom. The van der Waals surface area contributed by atoms with E-state index in [-0.39, 0.29) is 5.92 Å². The first-order valence-corrected chi connectivity index (χ1v) is 8.68. The Kier molecular flexibility index (Phi) is 7.12. The van der Waals surface area contributed by atoms with E-state index >= 15 is 0 Å². The van der Waals surface area contributed by atoms with Crippen LogP contribution in [0.2, 0.25) is 0 Å². The van der Waals surface area contributed by atoms with Crippen molar-refractivity contribution in [3.8, 4) is 40.8 Å². The fourth-order valence-electron chi connectivity index (χ4n) is 2.19. The number of thioether (sulfide) groups is 1. The second-order valence-corrected chi connectivity index (χ2v) is 6.09. The predicted octanol–water partition coefficient (Wildman–Crippen LogP) is 3.30. The Bertz CT molecular complexity index is 800. The molecule has 8 nitrogen and oxygen atoms in total. The SMILES string of the molecule is COc1cc(-c2nnc(SC[C@H](C#N)CCC#N)o2)cc(OC)c1OC. The molecule has 1 atom stereocenters. The normalized spacial score (nSPS) is 11.3. The summed E-state index contributed by atoms with van der Waals surface area (Å²) in [6.07, 6.45) is 0.868. The maximum absolute atomic E-state index is 9.10. The number of hydrogen-bond acceptors (Lipinski definition) is 9. The third-order valence-electron chi connectivity index (χ3n) is 3.51. The van der Waals surface area contributed by atoms with Crippen LogP contribution in [0.3, 0.4) is 0 Å². The molecule has 9 heteroatoms. The van der Waals surface area contributed by atoms with Gasteiger partial charge in [0.2, 0.25) is 11.6 Å². The molecule has 136 valence electrons. The van der Waals surface area contributed by atoms with E-state index in [9.17, 15) is 0 Å². The van der Waals surface area contributed by atoms with Crippen molar-refractivity contribution >= 4 is 11.8 Å². The summed E-state index contributed by atoms with van der Waals surface area (Å²) in [6, 6.07) is 7.65. The van der Waals surface area contributed by atoms with Crippen molar-refractivity contribution in [3.63, 3.8) is 0 Å². The molecule has 0 aliphatic rings. The van der Waals surface area contributed by atoms with Crippen LogP contribution in [0.1, 0.15) is 12.8 Å². The minimum Gasteiger partial charge on any atom is -0.493 e. The lowest BCUT2D eigenvalue weighted by atomic mass is 10.1. The van der Waals surface area contributed by atoms with Gasteiger partial charge in [0.05, 0.1) is 39.4 Å². The van der Waals surface area contributed by atoms with Crippen molar-refractivity contribution in [2.45, 2.75) is 18.1 Å². The number of aromatic nitrogens is 2. The molecule has 26 heavy (non-hydrogen) atoms. The van der Waals surface area contributed by atoms with Gasteiger partial charge >= 0.3 is 0 Å². The molecule has 0 aliphatic heterocycles. The quantitative estimate of drug-likeness (QED) is 0.610. The Labute approximate surface area is 155 Å². The van der Waals surface area contributed by atoms with Crippen LogP contribution < -0.4 is 14.2 Å². The van der Waals surface area contributed by atoms with Crippen molar-refractivity contribution in [3.05, 3.63) is 12.1 Å². The minimum absolute atomic E-state index is 0.240. The molecule has 1 aromatic heterocycles. The van der Waals surface area contributed by atoms with Crippen LogP contribution in [0, 0.1) is 28.6 Å². The molecule has 0 amide bonds. The van der Waals surface area contributed by atoms with E-state index in [4.69, 9.17) is 29.2 Å². The van der Waals surface area contributed by atoms with Crippen LogP contribution in [-0.2, 0) is 0 Å². The first kappa shape index (κ1) is 19.4. The molecule has 0 saturated carbocycles. The average Bonchev–Trinajstić information content (AvgIpc) is 3.15. The Morgan fingerprint density at radius 2 is 1.81 bits per heavy atom. The van der Waals surface area contributed by atoms with Crippen LogP contribution >= 0.6 is 11.8 Å². The first-order chi connectivity index (χ1) is 12.7. The van der Waals surface area contributed by atoms with E-state index < -0.39 is 0 Å². The highest BCUT2D eigenvalue weighted by Gasteiger charge is 2.18. The van der Waals surface area contributed by atoms with Crippen LogP contribution in [-0.4, -0.2) is 37.3 Å². The molecule has 0 aliphatic carbocycles. The van der Waals surface area contributed by atoms with E-state index in [2.05, 4.69) is 16.3 Å². The minimum atomic E-state index is -0.240. The van der Waals surface area contributed by atoms with Gasteiger partial charge in [-0.25, -0.2) is 0 Å². The summed E-state index contributed by atoms with van der Waals surface area (Å²) in [5.41, 5.74) is 0.625. The highest BCUT2D eigenvalue weighted by molar-refractivity contribution is 7.99.